The highest BCUT2D eigenvalue weighted by Crippen LogP contribution is 2.32. The van der Waals surface area contributed by atoms with Gasteiger partial charge in [0, 0.05) is 23.5 Å². The van der Waals surface area contributed by atoms with Gasteiger partial charge in [-0.3, -0.25) is 9.98 Å². The Kier molecular flexibility index (Phi) is 3.21. The molecule has 2 heterocycles. The van der Waals surface area contributed by atoms with E-state index in [4.69, 9.17) is 5.26 Å². The van der Waals surface area contributed by atoms with E-state index in [0.717, 1.165) is 28.9 Å². The topological polar surface area (TPSA) is 49.0 Å². The number of hydrogen-bond acceptors (Lipinski definition) is 3. The average Bonchev–Trinajstić information content (AvgIpc) is 3.09. The van der Waals surface area contributed by atoms with Crippen LogP contribution >= 0.6 is 0 Å². The van der Waals surface area contributed by atoms with Crippen molar-refractivity contribution in [2.45, 2.75) is 6.54 Å². The SMILES string of the molecule is N#Cc1ccc(-c2ncccc2-c2ccc3c(c2)C=NC3)cc1. The standard InChI is InChI=1S/C20H13N3/c21-11-14-3-5-15(6-4-14)20-19(2-1-9-23-20)16-7-8-17-12-22-13-18(17)10-16/h1-10,13H,12H2. The third-order valence-corrected chi connectivity index (χ3v) is 4.04. The Labute approximate surface area is 134 Å². The first-order valence-electron chi connectivity index (χ1n) is 7.44. The van der Waals surface area contributed by atoms with Crippen molar-refractivity contribution in [1.29, 1.82) is 5.26 Å². The van der Waals surface area contributed by atoms with Crippen LogP contribution in [0.1, 0.15) is 16.7 Å². The molecule has 0 spiro atoms. The zero-order valence-corrected chi connectivity index (χ0v) is 12.4. The maximum atomic E-state index is 8.94. The second-order valence-electron chi connectivity index (χ2n) is 5.47. The molecular weight excluding hydrogens is 282 g/mol. The number of nitriles is 1. The molecule has 0 N–H and O–H groups in total. The summed E-state index contributed by atoms with van der Waals surface area (Å²) in [5.41, 5.74) is 7.24. The largest absolute Gasteiger partial charge is 0.288 e. The van der Waals surface area contributed by atoms with Gasteiger partial charge in [-0.1, -0.05) is 30.3 Å². The molecule has 23 heavy (non-hydrogen) atoms. The molecule has 3 aromatic rings. The number of rotatable bonds is 2. The van der Waals surface area contributed by atoms with Crippen LogP contribution in [0.15, 0.2) is 65.8 Å². The average molecular weight is 295 g/mol. The van der Waals surface area contributed by atoms with E-state index in [1.165, 1.54) is 11.1 Å². The van der Waals surface area contributed by atoms with Crippen LogP contribution in [0.4, 0.5) is 0 Å². The van der Waals surface area contributed by atoms with Crippen molar-refractivity contribution in [3.8, 4) is 28.5 Å². The first-order chi connectivity index (χ1) is 11.3. The van der Waals surface area contributed by atoms with E-state index in [-0.39, 0.29) is 0 Å². The van der Waals surface area contributed by atoms with E-state index in [1.54, 1.807) is 6.20 Å². The number of benzene rings is 2. The first-order valence-corrected chi connectivity index (χ1v) is 7.44. The summed E-state index contributed by atoms with van der Waals surface area (Å²) in [5.74, 6) is 0. The summed E-state index contributed by atoms with van der Waals surface area (Å²) in [4.78, 5) is 8.87. The Hall–Kier alpha value is -3.25. The molecular formula is C20H13N3. The second-order valence-corrected chi connectivity index (χ2v) is 5.47. The Morgan fingerprint density at radius 1 is 0.957 bits per heavy atom. The Morgan fingerprint density at radius 2 is 1.78 bits per heavy atom. The van der Waals surface area contributed by atoms with Gasteiger partial charge in [-0.2, -0.15) is 5.26 Å². The van der Waals surface area contributed by atoms with Gasteiger partial charge in [0.2, 0.25) is 0 Å². The molecule has 0 aliphatic carbocycles. The summed E-state index contributed by atoms with van der Waals surface area (Å²) < 4.78 is 0. The van der Waals surface area contributed by atoms with Crippen LogP contribution in [0.25, 0.3) is 22.4 Å². The van der Waals surface area contributed by atoms with Crippen molar-refractivity contribution in [1.82, 2.24) is 4.98 Å². The number of aromatic nitrogens is 1. The molecule has 3 nitrogen and oxygen atoms in total. The molecule has 1 aromatic heterocycles. The quantitative estimate of drug-likeness (QED) is 0.710. The van der Waals surface area contributed by atoms with Crippen LogP contribution in [0, 0.1) is 11.3 Å². The van der Waals surface area contributed by atoms with E-state index in [9.17, 15) is 0 Å². The van der Waals surface area contributed by atoms with Crippen LogP contribution in [0.5, 0.6) is 0 Å². The van der Waals surface area contributed by atoms with Gasteiger partial charge in [-0.15, -0.1) is 0 Å². The van der Waals surface area contributed by atoms with Crippen molar-refractivity contribution in [3.05, 3.63) is 77.5 Å². The molecule has 0 amide bonds. The first kappa shape index (κ1) is 13.4. The van der Waals surface area contributed by atoms with Gasteiger partial charge in [0.05, 0.1) is 23.9 Å². The fourth-order valence-corrected chi connectivity index (χ4v) is 2.84. The summed E-state index contributed by atoms with van der Waals surface area (Å²) >= 11 is 0. The lowest BCUT2D eigenvalue weighted by Crippen LogP contribution is -1.91. The zero-order valence-electron chi connectivity index (χ0n) is 12.4. The van der Waals surface area contributed by atoms with Crippen LogP contribution in [-0.4, -0.2) is 11.2 Å². The van der Waals surface area contributed by atoms with Crippen LogP contribution in [-0.2, 0) is 6.54 Å². The molecule has 0 saturated heterocycles. The monoisotopic (exact) mass is 295 g/mol. The lowest BCUT2D eigenvalue weighted by molar-refractivity contribution is 1.11. The van der Waals surface area contributed by atoms with Crippen LogP contribution in [0.2, 0.25) is 0 Å². The molecule has 0 radical (unpaired) electrons. The fourth-order valence-electron chi connectivity index (χ4n) is 2.84. The number of fused-ring (bicyclic) bond motifs is 1. The molecule has 0 fully saturated rings. The summed E-state index contributed by atoms with van der Waals surface area (Å²) in [6.45, 7) is 0.769. The highest BCUT2D eigenvalue weighted by Gasteiger charge is 2.12. The van der Waals surface area contributed by atoms with Gasteiger partial charge in [-0.05, 0) is 41.0 Å². The van der Waals surface area contributed by atoms with E-state index < -0.39 is 0 Å². The molecule has 108 valence electrons. The predicted octanol–water partition coefficient (Wildman–Crippen LogP) is 4.22. The third-order valence-electron chi connectivity index (χ3n) is 4.04. The minimum Gasteiger partial charge on any atom is -0.288 e. The van der Waals surface area contributed by atoms with Gasteiger partial charge in [0.25, 0.3) is 0 Å². The molecule has 4 rings (SSSR count). The molecule has 3 heteroatoms. The lowest BCUT2D eigenvalue weighted by Gasteiger charge is -2.10. The van der Waals surface area contributed by atoms with Crippen molar-refractivity contribution in [2.24, 2.45) is 4.99 Å². The van der Waals surface area contributed by atoms with Crippen LogP contribution < -0.4 is 0 Å². The minimum absolute atomic E-state index is 0.653. The minimum atomic E-state index is 0.653. The van der Waals surface area contributed by atoms with Gasteiger partial charge in [-0.25, -0.2) is 0 Å². The van der Waals surface area contributed by atoms with E-state index >= 15 is 0 Å². The van der Waals surface area contributed by atoms with Crippen molar-refractivity contribution in [3.63, 3.8) is 0 Å². The summed E-state index contributed by atoms with van der Waals surface area (Å²) in [6, 6.07) is 20.1. The maximum Gasteiger partial charge on any atom is 0.0991 e. The van der Waals surface area contributed by atoms with Gasteiger partial charge < -0.3 is 0 Å². The molecule has 2 aromatic carbocycles. The van der Waals surface area contributed by atoms with Crippen LogP contribution in [0.3, 0.4) is 0 Å². The molecule has 0 saturated carbocycles. The molecule has 0 atom stereocenters. The number of hydrogen-bond donors (Lipinski definition) is 0. The second kappa shape index (κ2) is 5.51. The van der Waals surface area contributed by atoms with E-state index in [1.807, 2.05) is 36.5 Å². The van der Waals surface area contributed by atoms with E-state index in [2.05, 4.69) is 40.3 Å². The summed E-state index contributed by atoms with van der Waals surface area (Å²) in [6.07, 6.45) is 3.72. The molecule has 0 bridgehead atoms. The lowest BCUT2D eigenvalue weighted by atomic mass is 9.96. The number of pyridine rings is 1. The van der Waals surface area contributed by atoms with Gasteiger partial charge >= 0.3 is 0 Å². The van der Waals surface area contributed by atoms with Crippen molar-refractivity contribution >= 4 is 6.21 Å². The Balaban J connectivity index is 1.84. The molecule has 1 aliphatic heterocycles. The van der Waals surface area contributed by atoms with Crippen molar-refractivity contribution < 1.29 is 0 Å². The maximum absolute atomic E-state index is 8.94. The summed E-state index contributed by atoms with van der Waals surface area (Å²) in [7, 11) is 0. The van der Waals surface area contributed by atoms with Gasteiger partial charge in [0.1, 0.15) is 0 Å². The zero-order chi connectivity index (χ0) is 15.6. The van der Waals surface area contributed by atoms with E-state index in [0.29, 0.717) is 5.56 Å². The predicted molar refractivity (Wildman–Crippen MR) is 91.1 cm³/mol. The number of nitrogens with zero attached hydrogens (tertiary/aromatic N) is 3. The molecule has 1 aliphatic rings. The smallest absolute Gasteiger partial charge is 0.0991 e. The summed E-state index contributed by atoms with van der Waals surface area (Å²) in [5, 5.41) is 8.94. The van der Waals surface area contributed by atoms with Gasteiger partial charge in [0.15, 0.2) is 0 Å². The third kappa shape index (κ3) is 2.41. The Bertz CT molecular complexity index is 947. The molecule has 0 unspecified atom stereocenters. The highest BCUT2D eigenvalue weighted by atomic mass is 14.7. The highest BCUT2D eigenvalue weighted by molar-refractivity contribution is 5.89. The fraction of sp³-hybridized carbons (Fsp3) is 0.0500. The number of aliphatic imine (C=N–C) groups is 1. The van der Waals surface area contributed by atoms with Crippen molar-refractivity contribution in [2.75, 3.05) is 0 Å². The Morgan fingerprint density at radius 3 is 2.61 bits per heavy atom. The normalized spacial score (nSPS) is 12.0.